The topological polar surface area (TPSA) is 96.5 Å². The Bertz CT molecular complexity index is 948. The van der Waals surface area contributed by atoms with Crippen molar-refractivity contribution in [2.75, 3.05) is 17.2 Å². The van der Waals surface area contributed by atoms with Gasteiger partial charge in [-0.05, 0) is 50.3 Å². The van der Waals surface area contributed by atoms with Gasteiger partial charge < -0.3 is 15.4 Å². The summed E-state index contributed by atoms with van der Waals surface area (Å²) in [6, 6.07) is 7.73. The normalized spacial score (nSPS) is 16.9. The molecule has 0 fully saturated rings. The van der Waals surface area contributed by atoms with E-state index in [2.05, 4.69) is 16.0 Å². The van der Waals surface area contributed by atoms with E-state index >= 15 is 0 Å². The van der Waals surface area contributed by atoms with Gasteiger partial charge in [0.1, 0.15) is 5.00 Å². The third-order valence-electron chi connectivity index (χ3n) is 4.78. The number of thioether (sulfide) groups is 1. The highest BCUT2D eigenvalue weighted by molar-refractivity contribution is 8.01. The molecule has 1 aliphatic heterocycles. The second-order valence-corrected chi connectivity index (χ2v) is 8.97. The molecule has 2 heterocycles. The summed E-state index contributed by atoms with van der Waals surface area (Å²) in [5.41, 5.74) is 2.23. The maximum atomic E-state index is 12.9. The molecule has 1 aromatic heterocycles. The quantitative estimate of drug-likeness (QED) is 0.677. The summed E-state index contributed by atoms with van der Waals surface area (Å²) in [7, 11) is 0. The number of amides is 3. The summed E-state index contributed by atoms with van der Waals surface area (Å²) < 4.78 is 4.82. The van der Waals surface area contributed by atoms with E-state index in [1.165, 1.54) is 23.1 Å². The largest absolute Gasteiger partial charge is 0.450 e. The Labute approximate surface area is 176 Å². The van der Waals surface area contributed by atoms with Crippen LogP contribution in [-0.4, -0.2) is 29.9 Å². The van der Waals surface area contributed by atoms with Crippen LogP contribution in [0.25, 0.3) is 0 Å². The fourth-order valence-corrected chi connectivity index (χ4v) is 5.81. The summed E-state index contributed by atoms with van der Waals surface area (Å²) in [6.45, 7) is 1.85. The van der Waals surface area contributed by atoms with Crippen LogP contribution in [0.1, 0.15) is 40.6 Å². The van der Waals surface area contributed by atoms with Crippen molar-refractivity contribution >= 4 is 51.7 Å². The third kappa shape index (κ3) is 4.11. The van der Waals surface area contributed by atoms with Crippen molar-refractivity contribution in [2.45, 2.75) is 42.9 Å². The van der Waals surface area contributed by atoms with E-state index in [0.29, 0.717) is 10.6 Å². The van der Waals surface area contributed by atoms with Gasteiger partial charge in [0.05, 0.1) is 12.2 Å². The lowest BCUT2D eigenvalue weighted by molar-refractivity contribution is -0.115. The molecule has 0 saturated heterocycles. The molecule has 4 rings (SSSR count). The Morgan fingerprint density at radius 1 is 1.21 bits per heavy atom. The van der Waals surface area contributed by atoms with Gasteiger partial charge in [-0.15, -0.1) is 11.3 Å². The average molecular weight is 432 g/mol. The van der Waals surface area contributed by atoms with Gasteiger partial charge in [-0.25, -0.2) is 4.79 Å². The van der Waals surface area contributed by atoms with Crippen LogP contribution in [0.2, 0.25) is 0 Å². The van der Waals surface area contributed by atoms with E-state index in [9.17, 15) is 14.4 Å². The first-order chi connectivity index (χ1) is 14.1. The molecule has 2 aromatic rings. The van der Waals surface area contributed by atoms with Crippen LogP contribution in [0.4, 0.5) is 15.5 Å². The van der Waals surface area contributed by atoms with Crippen molar-refractivity contribution in [3.05, 3.63) is 40.3 Å². The molecule has 0 radical (unpaired) electrons. The minimum Gasteiger partial charge on any atom is -0.450 e. The van der Waals surface area contributed by atoms with Crippen molar-refractivity contribution < 1.29 is 19.1 Å². The minimum absolute atomic E-state index is 0.176. The zero-order valence-corrected chi connectivity index (χ0v) is 17.5. The Kier molecular flexibility index (Phi) is 5.77. The lowest BCUT2D eigenvalue weighted by Crippen LogP contribution is -2.33. The number of hydrogen-bond acceptors (Lipinski definition) is 7. The molecule has 0 spiro atoms. The molecule has 29 heavy (non-hydrogen) atoms. The van der Waals surface area contributed by atoms with E-state index in [1.54, 1.807) is 6.92 Å². The molecule has 2 aliphatic rings. The predicted octanol–water partition coefficient (Wildman–Crippen LogP) is 4.00. The summed E-state index contributed by atoms with van der Waals surface area (Å²) in [6.07, 6.45) is 2.88. The first kappa shape index (κ1) is 19.8. The van der Waals surface area contributed by atoms with Gasteiger partial charge in [0.25, 0.3) is 11.8 Å². The standard InChI is InChI=1S/C20H21N3O4S2/c1-2-27-20(26)23-16(24)15-11-7-3-5-9-13(11)28-18(15)22-17(25)19-21-12-8-4-6-10-14(12)29-19/h4,6,8,10,19,21H,2-3,5,7,9H2,1H3,(H,22,25)(H,23,24,26). The number of anilines is 2. The van der Waals surface area contributed by atoms with Crippen molar-refractivity contribution in [3.63, 3.8) is 0 Å². The number of ether oxygens (including phenoxy) is 1. The van der Waals surface area contributed by atoms with Gasteiger partial charge in [-0.1, -0.05) is 23.9 Å². The van der Waals surface area contributed by atoms with Gasteiger partial charge in [0.15, 0.2) is 5.37 Å². The Morgan fingerprint density at radius 3 is 2.79 bits per heavy atom. The maximum absolute atomic E-state index is 12.9. The van der Waals surface area contributed by atoms with E-state index < -0.39 is 17.4 Å². The molecular weight excluding hydrogens is 410 g/mol. The van der Waals surface area contributed by atoms with Crippen LogP contribution in [0.3, 0.4) is 0 Å². The zero-order chi connectivity index (χ0) is 20.4. The zero-order valence-electron chi connectivity index (χ0n) is 15.9. The van der Waals surface area contributed by atoms with Crippen LogP contribution in [0, 0.1) is 0 Å². The molecule has 3 N–H and O–H groups in total. The van der Waals surface area contributed by atoms with Crippen LogP contribution in [0.5, 0.6) is 0 Å². The molecule has 1 unspecified atom stereocenters. The van der Waals surface area contributed by atoms with Crippen LogP contribution in [0.15, 0.2) is 29.2 Å². The fourth-order valence-electron chi connectivity index (χ4n) is 3.50. The Hall–Kier alpha value is -2.52. The van der Waals surface area contributed by atoms with E-state index in [-0.39, 0.29) is 12.5 Å². The highest BCUT2D eigenvalue weighted by Gasteiger charge is 2.31. The Balaban J connectivity index is 1.55. The monoisotopic (exact) mass is 431 g/mol. The van der Waals surface area contributed by atoms with Crippen molar-refractivity contribution in [2.24, 2.45) is 0 Å². The number of para-hydroxylation sites is 1. The Morgan fingerprint density at radius 2 is 2.00 bits per heavy atom. The number of carbonyl (C=O) groups excluding carboxylic acids is 3. The number of thiophene rings is 1. The van der Waals surface area contributed by atoms with Gasteiger partial charge >= 0.3 is 6.09 Å². The van der Waals surface area contributed by atoms with E-state index in [4.69, 9.17) is 4.74 Å². The fraction of sp³-hybridized carbons (Fsp3) is 0.350. The number of hydrogen-bond donors (Lipinski definition) is 3. The van der Waals surface area contributed by atoms with Crippen molar-refractivity contribution in [1.82, 2.24) is 5.32 Å². The molecule has 0 saturated carbocycles. The smallest absolute Gasteiger partial charge is 0.414 e. The molecular formula is C20H21N3O4S2. The van der Waals surface area contributed by atoms with E-state index in [1.807, 2.05) is 24.3 Å². The predicted molar refractivity (Wildman–Crippen MR) is 114 cm³/mol. The molecule has 1 aromatic carbocycles. The summed E-state index contributed by atoms with van der Waals surface area (Å²) in [4.78, 5) is 39.5. The van der Waals surface area contributed by atoms with Gasteiger partial charge in [0.2, 0.25) is 0 Å². The number of benzene rings is 1. The molecule has 152 valence electrons. The molecule has 0 bridgehead atoms. The van der Waals surface area contributed by atoms with Crippen molar-refractivity contribution in [1.29, 1.82) is 0 Å². The van der Waals surface area contributed by atoms with Gasteiger partial charge in [-0.3, -0.25) is 14.9 Å². The minimum atomic E-state index is -0.783. The molecule has 9 heteroatoms. The number of nitrogens with one attached hydrogen (secondary N) is 3. The first-order valence-electron chi connectivity index (χ1n) is 9.52. The number of fused-ring (bicyclic) bond motifs is 2. The van der Waals surface area contributed by atoms with Crippen LogP contribution < -0.4 is 16.0 Å². The number of imide groups is 1. The van der Waals surface area contributed by atoms with E-state index in [0.717, 1.165) is 46.7 Å². The molecule has 1 aliphatic carbocycles. The number of carbonyl (C=O) groups is 3. The van der Waals surface area contributed by atoms with Crippen LogP contribution >= 0.6 is 23.1 Å². The maximum Gasteiger partial charge on any atom is 0.414 e. The summed E-state index contributed by atoms with van der Waals surface area (Å²) in [5, 5.41) is 8.38. The van der Waals surface area contributed by atoms with Crippen LogP contribution in [-0.2, 0) is 22.4 Å². The second-order valence-electron chi connectivity index (χ2n) is 6.72. The summed E-state index contributed by atoms with van der Waals surface area (Å²) in [5.74, 6) is -0.761. The lowest BCUT2D eigenvalue weighted by atomic mass is 9.95. The highest BCUT2D eigenvalue weighted by atomic mass is 32.2. The summed E-state index contributed by atoms with van der Waals surface area (Å²) >= 11 is 2.86. The van der Waals surface area contributed by atoms with Gasteiger partial charge in [0, 0.05) is 15.5 Å². The SMILES string of the molecule is CCOC(=O)NC(=O)c1c(NC(=O)C2Nc3ccccc3S2)sc2c1CCCC2. The molecule has 3 amide bonds. The number of rotatable bonds is 4. The molecule has 1 atom stereocenters. The highest BCUT2D eigenvalue weighted by Crippen LogP contribution is 2.41. The lowest BCUT2D eigenvalue weighted by Gasteiger charge is -2.14. The first-order valence-corrected chi connectivity index (χ1v) is 11.2. The van der Waals surface area contributed by atoms with Crippen molar-refractivity contribution in [3.8, 4) is 0 Å². The third-order valence-corrected chi connectivity index (χ3v) is 7.17. The van der Waals surface area contributed by atoms with Gasteiger partial charge in [-0.2, -0.15) is 0 Å². The number of aryl methyl sites for hydroxylation is 1. The molecule has 7 nitrogen and oxygen atoms in total. The number of alkyl carbamates (subject to hydrolysis) is 1. The second kappa shape index (κ2) is 8.46. The average Bonchev–Trinajstić information content (AvgIpc) is 3.29.